The summed E-state index contributed by atoms with van der Waals surface area (Å²) in [5, 5.41) is 13.9. The molecule has 10 nitrogen and oxygen atoms in total. The van der Waals surface area contributed by atoms with E-state index in [1.807, 2.05) is 35.0 Å². The van der Waals surface area contributed by atoms with Crippen LogP contribution in [0.2, 0.25) is 0 Å². The first-order chi connectivity index (χ1) is 19.5. The fraction of sp³-hybridized carbons (Fsp3) is 0.467. The molecule has 1 unspecified atom stereocenters. The number of nitrogens with zero attached hydrogens (tertiary/aromatic N) is 6. The maximum atomic E-state index is 13.3. The summed E-state index contributed by atoms with van der Waals surface area (Å²) in [4.78, 5) is 21.1. The summed E-state index contributed by atoms with van der Waals surface area (Å²) in [6.07, 6.45) is 0.839. The van der Waals surface area contributed by atoms with E-state index in [9.17, 15) is 4.79 Å². The van der Waals surface area contributed by atoms with Gasteiger partial charge in [-0.2, -0.15) is 0 Å². The average molecular weight is 546 g/mol. The summed E-state index contributed by atoms with van der Waals surface area (Å²) in [7, 11) is 1.62. The molecule has 3 heterocycles. The summed E-state index contributed by atoms with van der Waals surface area (Å²) in [6.45, 7) is 10.5. The number of aromatic amines is 1. The van der Waals surface area contributed by atoms with Crippen LogP contribution in [0.15, 0.2) is 59.4 Å². The number of methoxy groups -OCH3 is 1. The van der Waals surface area contributed by atoms with Crippen LogP contribution in [-0.4, -0.2) is 81.5 Å². The molecule has 0 aliphatic carbocycles. The first-order valence-corrected chi connectivity index (χ1v) is 14.1. The summed E-state index contributed by atoms with van der Waals surface area (Å²) < 4.78 is 12.8. The molecule has 2 aromatic carbocycles. The van der Waals surface area contributed by atoms with Crippen molar-refractivity contribution in [1.82, 2.24) is 35.0 Å². The van der Waals surface area contributed by atoms with Gasteiger partial charge in [0.25, 0.3) is 5.56 Å². The summed E-state index contributed by atoms with van der Waals surface area (Å²) in [5.74, 6) is 1.76. The summed E-state index contributed by atoms with van der Waals surface area (Å²) in [6, 6.07) is 18.1. The number of rotatable bonds is 12. The van der Waals surface area contributed by atoms with Gasteiger partial charge >= 0.3 is 0 Å². The topological polar surface area (TPSA) is 101 Å². The number of hydrogen-bond acceptors (Lipinski definition) is 8. The third-order valence-electron chi connectivity index (χ3n) is 7.61. The molecule has 40 heavy (non-hydrogen) atoms. The van der Waals surface area contributed by atoms with Crippen molar-refractivity contribution < 1.29 is 9.47 Å². The molecule has 1 saturated heterocycles. The van der Waals surface area contributed by atoms with E-state index in [1.54, 1.807) is 7.11 Å². The zero-order chi connectivity index (χ0) is 27.9. The molecule has 0 saturated carbocycles. The van der Waals surface area contributed by atoms with Crippen LogP contribution in [0.1, 0.15) is 36.8 Å². The Morgan fingerprint density at radius 2 is 1.88 bits per heavy atom. The minimum Gasteiger partial charge on any atom is -0.497 e. The molecule has 212 valence electrons. The molecule has 0 bridgehead atoms. The van der Waals surface area contributed by atoms with Crippen LogP contribution in [0.4, 0.5) is 0 Å². The lowest BCUT2D eigenvalue weighted by atomic mass is 10.00. The highest BCUT2D eigenvalue weighted by atomic mass is 16.5. The highest BCUT2D eigenvalue weighted by molar-refractivity contribution is 5.80. The van der Waals surface area contributed by atoms with E-state index in [1.165, 1.54) is 5.56 Å². The van der Waals surface area contributed by atoms with Crippen molar-refractivity contribution in [3.63, 3.8) is 0 Å². The third kappa shape index (κ3) is 6.75. The number of pyridine rings is 1. The SMILES string of the molecule is COc1ccc2cc(CN(CCN3CCOCC3)C(c3nnnn3CCc3ccccc3)C(C)C)c(=O)[nH]c2c1. The fourth-order valence-corrected chi connectivity index (χ4v) is 5.45. The molecule has 2 aromatic heterocycles. The van der Waals surface area contributed by atoms with Gasteiger partial charge in [0.15, 0.2) is 5.82 Å². The van der Waals surface area contributed by atoms with Crippen molar-refractivity contribution >= 4 is 10.9 Å². The molecule has 4 aromatic rings. The van der Waals surface area contributed by atoms with Crippen LogP contribution in [0, 0.1) is 5.92 Å². The van der Waals surface area contributed by atoms with Crippen molar-refractivity contribution in [2.75, 3.05) is 46.5 Å². The number of morpholine rings is 1. The second-order valence-electron chi connectivity index (χ2n) is 10.7. The first kappa shape index (κ1) is 27.9. The van der Waals surface area contributed by atoms with E-state index in [0.29, 0.717) is 24.4 Å². The van der Waals surface area contributed by atoms with Gasteiger partial charge in [0.1, 0.15) is 5.75 Å². The molecule has 1 atom stereocenters. The lowest BCUT2D eigenvalue weighted by Crippen LogP contribution is -2.44. The number of tetrazole rings is 1. The molecule has 0 radical (unpaired) electrons. The minimum atomic E-state index is -0.0942. The molecular weight excluding hydrogens is 506 g/mol. The van der Waals surface area contributed by atoms with E-state index in [-0.39, 0.29) is 17.5 Å². The Morgan fingerprint density at radius 1 is 1.07 bits per heavy atom. The molecule has 1 aliphatic heterocycles. The van der Waals surface area contributed by atoms with Crippen LogP contribution in [0.5, 0.6) is 5.75 Å². The van der Waals surface area contributed by atoms with E-state index < -0.39 is 0 Å². The lowest BCUT2D eigenvalue weighted by molar-refractivity contribution is 0.0268. The predicted octanol–water partition coefficient (Wildman–Crippen LogP) is 3.30. The predicted molar refractivity (Wildman–Crippen MR) is 154 cm³/mol. The Kier molecular flexibility index (Phi) is 9.20. The molecule has 0 spiro atoms. The Morgan fingerprint density at radius 3 is 2.62 bits per heavy atom. The van der Waals surface area contributed by atoms with Gasteiger partial charge < -0.3 is 14.5 Å². The van der Waals surface area contributed by atoms with E-state index in [2.05, 4.69) is 68.4 Å². The Balaban J connectivity index is 1.44. The maximum Gasteiger partial charge on any atom is 0.252 e. The molecular formula is C30H39N7O3. The van der Waals surface area contributed by atoms with Gasteiger partial charge in [-0.05, 0) is 51.9 Å². The highest BCUT2D eigenvalue weighted by Crippen LogP contribution is 2.29. The number of fused-ring (bicyclic) bond motifs is 1. The van der Waals surface area contributed by atoms with Gasteiger partial charge in [0.05, 0.1) is 31.9 Å². The quantitative estimate of drug-likeness (QED) is 0.289. The number of hydrogen-bond donors (Lipinski definition) is 1. The molecule has 1 N–H and O–H groups in total. The summed E-state index contributed by atoms with van der Waals surface area (Å²) in [5.41, 5.74) is 2.63. The smallest absolute Gasteiger partial charge is 0.252 e. The van der Waals surface area contributed by atoms with Gasteiger partial charge in [-0.15, -0.1) is 5.10 Å². The number of H-pyrrole nitrogens is 1. The Hall–Kier alpha value is -3.60. The van der Waals surface area contributed by atoms with E-state index in [0.717, 1.165) is 62.5 Å². The average Bonchev–Trinajstić information content (AvgIpc) is 3.43. The van der Waals surface area contributed by atoms with Crippen molar-refractivity contribution in [3.05, 3.63) is 81.9 Å². The van der Waals surface area contributed by atoms with Crippen LogP contribution in [0.25, 0.3) is 10.9 Å². The van der Waals surface area contributed by atoms with Crippen LogP contribution in [0.3, 0.4) is 0 Å². The normalized spacial score (nSPS) is 15.2. The van der Waals surface area contributed by atoms with Gasteiger partial charge in [0, 0.05) is 50.9 Å². The standard InChI is InChI=1S/C30H39N7O3/c1-22(2)28(29-32-33-34-37(29)12-11-23-7-5-4-6-8-23)36(14-13-35-15-17-40-18-16-35)21-25-19-24-9-10-26(39-3)20-27(24)31-30(25)38/h4-10,19-20,22,28H,11-18,21H2,1-3H3,(H,31,38). The minimum absolute atomic E-state index is 0.0715. The van der Waals surface area contributed by atoms with Gasteiger partial charge in [-0.3, -0.25) is 14.6 Å². The summed E-state index contributed by atoms with van der Waals surface area (Å²) >= 11 is 0. The Labute approximate surface area is 234 Å². The van der Waals surface area contributed by atoms with Gasteiger partial charge in [-0.1, -0.05) is 44.2 Å². The molecule has 0 amide bonds. The van der Waals surface area contributed by atoms with Crippen LogP contribution in [-0.2, 0) is 24.2 Å². The fourth-order valence-electron chi connectivity index (χ4n) is 5.45. The molecule has 1 aliphatic rings. The molecule has 10 heteroatoms. The largest absolute Gasteiger partial charge is 0.497 e. The number of aryl methyl sites for hydroxylation is 2. The van der Waals surface area contributed by atoms with Crippen molar-refractivity contribution in [1.29, 1.82) is 0 Å². The Bertz CT molecular complexity index is 1430. The van der Waals surface area contributed by atoms with Crippen LogP contribution >= 0.6 is 0 Å². The zero-order valence-corrected chi connectivity index (χ0v) is 23.6. The lowest BCUT2D eigenvalue weighted by Gasteiger charge is -2.36. The highest BCUT2D eigenvalue weighted by Gasteiger charge is 2.30. The maximum absolute atomic E-state index is 13.3. The van der Waals surface area contributed by atoms with Crippen LogP contribution < -0.4 is 10.3 Å². The molecule has 5 rings (SSSR count). The zero-order valence-electron chi connectivity index (χ0n) is 23.6. The van der Waals surface area contributed by atoms with Crippen molar-refractivity contribution in [3.8, 4) is 5.75 Å². The van der Waals surface area contributed by atoms with Crippen molar-refractivity contribution in [2.45, 2.75) is 39.4 Å². The number of benzene rings is 2. The second-order valence-corrected chi connectivity index (χ2v) is 10.7. The van der Waals surface area contributed by atoms with E-state index in [4.69, 9.17) is 9.47 Å². The van der Waals surface area contributed by atoms with Gasteiger partial charge in [-0.25, -0.2) is 4.68 Å². The molecule has 1 fully saturated rings. The monoisotopic (exact) mass is 545 g/mol. The number of aromatic nitrogens is 5. The van der Waals surface area contributed by atoms with E-state index >= 15 is 0 Å². The number of ether oxygens (including phenoxy) is 2. The van der Waals surface area contributed by atoms with Crippen molar-refractivity contribution in [2.24, 2.45) is 5.92 Å². The number of nitrogens with one attached hydrogen (secondary N) is 1. The third-order valence-corrected chi connectivity index (χ3v) is 7.61. The first-order valence-electron chi connectivity index (χ1n) is 14.1. The second kappa shape index (κ2) is 13.2. The van der Waals surface area contributed by atoms with Gasteiger partial charge in [0.2, 0.25) is 0 Å².